The van der Waals surface area contributed by atoms with E-state index in [9.17, 15) is 18.0 Å². The van der Waals surface area contributed by atoms with Gasteiger partial charge in [0.1, 0.15) is 5.78 Å². The van der Waals surface area contributed by atoms with Gasteiger partial charge >= 0.3 is 6.18 Å². The molecule has 1 aliphatic carbocycles. The highest BCUT2D eigenvalue weighted by Gasteiger charge is 2.30. The van der Waals surface area contributed by atoms with Gasteiger partial charge in [-0.05, 0) is 19.3 Å². The monoisotopic (exact) mass is 237 g/mol. The lowest BCUT2D eigenvalue weighted by molar-refractivity contribution is -0.138. The zero-order valence-electron chi connectivity index (χ0n) is 9.22. The van der Waals surface area contributed by atoms with E-state index in [1.165, 1.54) is 0 Å². The molecule has 0 aromatic rings. The number of alkyl halides is 3. The lowest BCUT2D eigenvalue weighted by atomic mass is 9.81. The lowest BCUT2D eigenvalue weighted by Gasteiger charge is -2.27. The average molecular weight is 237 g/mol. The van der Waals surface area contributed by atoms with Crippen molar-refractivity contribution in [1.82, 2.24) is 0 Å². The van der Waals surface area contributed by atoms with E-state index in [-0.39, 0.29) is 30.6 Å². The molecule has 0 aromatic carbocycles. The van der Waals surface area contributed by atoms with Crippen molar-refractivity contribution < 1.29 is 18.0 Å². The first kappa shape index (κ1) is 13.5. The van der Waals surface area contributed by atoms with Crippen molar-refractivity contribution in [3.05, 3.63) is 0 Å². The van der Waals surface area contributed by atoms with Crippen LogP contribution in [-0.4, -0.2) is 18.0 Å². The Bertz CT molecular complexity index is 240. The summed E-state index contributed by atoms with van der Waals surface area (Å²) in [4.78, 5) is 11.6. The maximum absolute atomic E-state index is 11.9. The van der Waals surface area contributed by atoms with Crippen LogP contribution in [0.1, 0.15) is 44.9 Å². The fourth-order valence-corrected chi connectivity index (χ4v) is 2.21. The molecular formula is C11H18F3NO. The van der Waals surface area contributed by atoms with E-state index in [2.05, 4.69) is 0 Å². The third-order valence-corrected chi connectivity index (χ3v) is 3.12. The minimum Gasteiger partial charge on any atom is -0.327 e. The zero-order valence-corrected chi connectivity index (χ0v) is 9.22. The summed E-state index contributed by atoms with van der Waals surface area (Å²) in [6.07, 6.45) is -1.59. The third kappa shape index (κ3) is 4.51. The standard InChI is InChI=1S/C11H18F3NO/c12-11(13,14)7-3-6-10(16)8-4-1-2-5-9(8)15/h8-9H,1-7,15H2. The first-order valence-electron chi connectivity index (χ1n) is 5.75. The molecule has 1 fully saturated rings. The van der Waals surface area contributed by atoms with Crippen molar-refractivity contribution in [2.24, 2.45) is 11.7 Å². The van der Waals surface area contributed by atoms with Gasteiger partial charge < -0.3 is 5.73 Å². The van der Waals surface area contributed by atoms with Gasteiger partial charge in [0.15, 0.2) is 0 Å². The van der Waals surface area contributed by atoms with E-state index < -0.39 is 12.6 Å². The molecule has 1 saturated carbocycles. The summed E-state index contributed by atoms with van der Waals surface area (Å²) >= 11 is 0. The van der Waals surface area contributed by atoms with E-state index in [0.717, 1.165) is 25.7 Å². The molecule has 0 amide bonds. The minimum atomic E-state index is -4.16. The SMILES string of the molecule is NC1CCCCC1C(=O)CCCC(F)(F)F. The Kier molecular flexibility index (Phi) is 4.77. The van der Waals surface area contributed by atoms with Crippen molar-refractivity contribution in [3.63, 3.8) is 0 Å². The molecule has 0 saturated heterocycles. The summed E-state index contributed by atoms with van der Waals surface area (Å²) in [5, 5.41) is 0. The predicted octanol–water partition coefficient (Wildman–Crippen LogP) is 2.81. The molecule has 2 N–H and O–H groups in total. The molecule has 1 aliphatic rings. The highest BCUT2D eigenvalue weighted by Crippen LogP contribution is 2.27. The van der Waals surface area contributed by atoms with Gasteiger partial charge in [-0.25, -0.2) is 0 Å². The van der Waals surface area contributed by atoms with Gasteiger partial charge in [0.2, 0.25) is 0 Å². The normalized spacial score (nSPS) is 26.8. The number of rotatable bonds is 4. The number of halogens is 3. The van der Waals surface area contributed by atoms with Gasteiger partial charge in [0, 0.05) is 24.8 Å². The fraction of sp³-hybridized carbons (Fsp3) is 0.909. The minimum absolute atomic E-state index is 0.0118. The highest BCUT2D eigenvalue weighted by atomic mass is 19.4. The first-order valence-corrected chi connectivity index (χ1v) is 5.75. The zero-order chi connectivity index (χ0) is 12.2. The van der Waals surface area contributed by atoms with E-state index >= 15 is 0 Å². The van der Waals surface area contributed by atoms with Crippen LogP contribution in [0.25, 0.3) is 0 Å². The summed E-state index contributed by atoms with van der Waals surface area (Å²) in [5.41, 5.74) is 5.79. The van der Waals surface area contributed by atoms with Gasteiger partial charge in [-0.1, -0.05) is 12.8 Å². The first-order chi connectivity index (χ1) is 7.40. The Morgan fingerprint density at radius 3 is 2.44 bits per heavy atom. The molecule has 0 bridgehead atoms. The average Bonchev–Trinajstić information content (AvgIpc) is 2.16. The molecule has 16 heavy (non-hydrogen) atoms. The van der Waals surface area contributed by atoms with E-state index in [4.69, 9.17) is 5.73 Å². The molecule has 94 valence electrons. The van der Waals surface area contributed by atoms with Crippen LogP contribution >= 0.6 is 0 Å². The molecule has 0 heterocycles. The quantitative estimate of drug-likeness (QED) is 0.817. The second-order valence-electron chi connectivity index (χ2n) is 4.49. The van der Waals surface area contributed by atoms with Crippen LogP contribution < -0.4 is 5.73 Å². The van der Waals surface area contributed by atoms with Crippen molar-refractivity contribution in [2.45, 2.75) is 57.2 Å². The smallest absolute Gasteiger partial charge is 0.327 e. The van der Waals surface area contributed by atoms with Crippen molar-refractivity contribution >= 4 is 5.78 Å². The number of nitrogens with two attached hydrogens (primary N) is 1. The van der Waals surface area contributed by atoms with Gasteiger partial charge in [-0.3, -0.25) is 4.79 Å². The molecule has 0 aromatic heterocycles. The van der Waals surface area contributed by atoms with Crippen LogP contribution in [0.4, 0.5) is 13.2 Å². The second kappa shape index (κ2) is 5.66. The number of Topliss-reactive ketones (excluding diaryl/α,β-unsaturated/α-hetero) is 1. The van der Waals surface area contributed by atoms with E-state index in [1.807, 2.05) is 0 Å². The second-order valence-corrected chi connectivity index (χ2v) is 4.49. The Balaban J connectivity index is 2.29. The van der Waals surface area contributed by atoms with Crippen LogP contribution in [0.15, 0.2) is 0 Å². The van der Waals surface area contributed by atoms with Gasteiger partial charge in [0.25, 0.3) is 0 Å². The maximum atomic E-state index is 11.9. The summed E-state index contributed by atoms with van der Waals surface area (Å²) in [6.45, 7) is 0. The molecule has 0 aliphatic heterocycles. The Morgan fingerprint density at radius 1 is 1.25 bits per heavy atom. The van der Waals surface area contributed by atoms with Crippen LogP contribution in [0.5, 0.6) is 0 Å². The molecular weight excluding hydrogens is 219 g/mol. The summed E-state index contributed by atoms with van der Waals surface area (Å²) in [5.74, 6) is -0.293. The molecule has 0 spiro atoms. The lowest BCUT2D eigenvalue weighted by Crippen LogP contribution is -2.38. The number of carbonyl (C=O) groups excluding carboxylic acids is 1. The Labute approximate surface area is 93.4 Å². The molecule has 2 unspecified atom stereocenters. The number of carbonyl (C=O) groups is 1. The van der Waals surface area contributed by atoms with Crippen LogP contribution in [0.2, 0.25) is 0 Å². The summed E-state index contributed by atoms with van der Waals surface area (Å²) in [6, 6.07) is -0.146. The van der Waals surface area contributed by atoms with Crippen LogP contribution in [0, 0.1) is 5.92 Å². The number of ketones is 1. The Morgan fingerprint density at radius 2 is 1.88 bits per heavy atom. The van der Waals surface area contributed by atoms with Gasteiger partial charge in [-0.2, -0.15) is 13.2 Å². The number of hydrogen-bond acceptors (Lipinski definition) is 2. The fourth-order valence-electron chi connectivity index (χ4n) is 2.21. The van der Waals surface area contributed by atoms with Crippen LogP contribution in [-0.2, 0) is 4.79 Å². The third-order valence-electron chi connectivity index (χ3n) is 3.12. The predicted molar refractivity (Wildman–Crippen MR) is 54.8 cm³/mol. The van der Waals surface area contributed by atoms with Crippen molar-refractivity contribution in [1.29, 1.82) is 0 Å². The molecule has 0 radical (unpaired) electrons. The van der Waals surface area contributed by atoms with Gasteiger partial charge in [0.05, 0.1) is 0 Å². The van der Waals surface area contributed by atoms with Crippen molar-refractivity contribution in [2.75, 3.05) is 0 Å². The van der Waals surface area contributed by atoms with E-state index in [1.54, 1.807) is 0 Å². The van der Waals surface area contributed by atoms with Gasteiger partial charge in [-0.15, -0.1) is 0 Å². The Hall–Kier alpha value is -0.580. The highest BCUT2D eigenvalue weighted by molar-refractivity contribution is 5.81. The summed E-state index contributed by atoms with van der Waals surface area (Å²) in [7, 11) is 0. The largest absolute Gasteiger partial charge is 0.389 e. The topological polar surface area (TPSA) is 43.1 Å². The molecule has 5 heteroatoms. The number of hydrogen-bond donors (Lipinski definition) is 1. The van der Waals surface area contributed by atoms with Crippen LogP contribution in [0.3, 0.4) is 0 Å². The summed E-state index contributed by atoms with van der Waals surface area (Å²) < 4.78 is 35.7. The molecule has 2 atom stereocenters. The van der Waals surface area contributed by atoms with E-state index in [0.29, 0.717) is 0 Å². The maximum Gasteiger partial charge on any atom is 0.389 e. The van der Waals surface area contributed by atoms with Crippen molar-refractivity contribution in [3.8, 4) is 0 Å². The molecule has 1 rings (SSSR count). The molecule has 2 nitrogen and oxygen atoms in total.